The summed E-state index contributed by atoms with van der Waals surface area (Å²) in [6, 6.07) is 20.6. The Morgan fingerprint density at radius 1 is 1.03 bits per heavy atom. The molecule has 144 valence electrons. The molecule has 0 unspecified atom stereocenters. The van der Waals surface area contributed by atoms with Crippen molar-refractivity contribution in [2.45, 2.75) is 6.54 Å². The third kappa shape index (κ3) is 3.98. The molecule has 29 heavy (non-hydrogen) atoms. The predicted molar refractivity (Wildman–Crippen MR) is 112 cm³/mol. The number of hydrogen-bond acceptors (Lipinski definition) is 4. The van der Waals surface area contributed by atoms with E-state index in [1.165, 1.54) is 18.2 Å². The summed E-state index contributed by atoms with van der Waals surface area (Å²) >= 11 is 0. The highest BCUT2D eigenvalue weighted by Crippen LogP contribution is 2.22. The molecule has 0 bridgehead atoms. The summed E-state index contributed by atoms with van der Waals surface area (Å²) in [6.07, 6.45) is 3.61. The third-order valence-corrected chi connectivity index (χ3v) is 4.59. The van der Waals surface area contributed by atoms with E-state index >= 15 is 0 Å². The number of nitrogens with one attached hydrogen (secondary N) is 1. The van der Waals surface area contributed by atoms with E-state index in [2.05, 4.69) is 10.5 Å². The molecule has 0 saturated carbocycles. The van der Waals surface area contributed by atoms with Gasteiger partial charge in [-0.2, -0.15) is 5.10 Å². The van der Waals surface area contributed by atoms with E-state index < -0.39 is 4.92 Å². The lowest BCUT2D eigenvalue weighted by Gasteiger charge is -2.06. The van der Waals surface area contributed by atoms with Crippen molar-refractivity contribution < 1.29 is 9.31 Å². The average molecular weight is 388 g/mol. The van der Waals surface area contributed by atoms with Gasteiger partial charge in [0.1, 0.15) is 5.82 Å². The molecule has 4 rings (SSSR count). The van der Waals surface area contributed by atoms with Crippen LogP contribution in [0.3, 0.4) is 0 Å². The highest BCUT2D eigenvalue weighted by molar-refractivity contribution is 5.99. The fourth-order valence-corrected chi connectivity index (χ4v) is 3.15. The first-order chi connectivity index (χ1) is 14.1. The van der Waals surface area contributed by atoms with Gasteiger partial charge in [-0.15, -0.1) is 0 Å². The van der Waals surface area contributed by atoms with E-state index in [0.717, 1.165) is 16.5 Å². The van der Waals surface area contributed by atoms with Gasteiger partial charge < -0.3 is 4.57 Å². The molecule has 0 atom stereocenters. The Hall–Kier alpha value is -4.00. The minimum atomic E-state index is -0.447. The minimum absolute atomic E-state index is 0.0238. The fourth-order valence-electron chi connectivity index (χ4n) is 3.15. The quantitative estimate of drug-likeness (QED) is 0.281. The number of hydrogen-bond donors (Lipinski definition) is 1. The van der Waals surface area contributed by atoms with Crippen molar-refractivity contribution in [2.24, 2.45) is 5.10 Å². The van der Waals surface area contributed by atoms with Crippen LogP contribution in [-0.2, 0) is 6.54 Å². The van der Waals surface area contributed by atoms with Crippen LogP contribution in [0.5, 0.6) is 0 Å². The van der Waals surface area contributed by atoms with E-state index in [9.17, 15) is 14.5 Å². The molecule has 4 aromatic rings. The number of benzene rings is 3. The van der Waals surface area contributed by atoms with Crippen molar-refractivity contribution in [2.75, 3.05) is 5.43 Å². The summed E-state index contributed by atoms with van der Waals surface area (Å²) in [7, 11) is 0. The van der Waals surface area contributed by atoms with E-state index in [1.807, 2.05) is 41.1 Å². The zero-order chi connectivity index (χ0) is 20.2. The molecule has 0 saturated heterocycles. The molecule has 1 N–H and O–H groups in total. The number of fused-ring (bicyclic) bond motifs is 1. The van der Waals surface area contributed by atoms with Crippen molar-refractivity contribution >= 4 is 28.5 Å². The number of halogens is 1. The van der Waals surface area contributed by atoms with Gasteiger partial charge in [0.05, 0.1) is 23.4 Å². The average Bonchev–Trinajstić information content (AvgIpc) is 3.08. The van der Waals surface area contributed by atoms with Gasteiger partial charge in [-0.25, -0.2) is 4.39 Å². The summed E-state index contributed by atoms with van der Waals surface area (Å²) in [5.41, 5.74) is 6.01. The number of nitro benzene ring substituents is 1. The van der Waals surface area contributed by atoms with Crippen LogP contribution in [0, 0.1) is 15.9 Å². The number of para-hydroxylation sites is 1. The molecule has 0 spiro atoms. The summed E-state index contributed by atoms with van der Waals surface area (Å²) in [5.74, 6) is -0.236. The van der Waals surface area contributed by atoms with Crippen molar-refractivity contribution in [3.8, 4) is 0 Å². The number of non-ortho nitro benzene ring substituents is 1. The Morgan fingerprint density at radius 3 is 2.52 bits per heavy atom. The van der Waals surface area contributed by atoms with Crippen LogP contribution in [0.1, 0.15) is 11.1 Å². The molecule has 0 fully saturated rings. The molecule has 1 aromatic heterocycles. The molecule has 1 heterocycles. The van der Waals surface area contributed by atoms with Gasteiger partial charge >= 0.3 is 0 Å². The maximum Gasteiger partial charge on any atom is 0.269 e. The number of anilines is 1. The van der Waals surface area contributed by atoms with Crippen LogP contribution >= 0.6 is 0 Å². The van der Waals surface area contributed by atoms with Crippen LogP contribution < -0.4 is 5.43 Å². The van der Waals surface area contributed by atoms with E-state index in [4.69, 9.17) is 0 Å². The first kappa shape index (κ1) is 18.4. The Morgan fingerprint density at radius 2 is 1.76 bits per heavy atom. The third-order valence-electron chi connectivity index (χ3n) is 4.59. The lowest BCUT2D eigenvalue weighted by Crippen LogP contribution is -2.00. The summed E-state index contributed by atoms with van der Waals surface area (Å²) in [5, 5.41) is 16.0. The predicted octanol–water partition coefficient (Wildman–Crippen LogP) is 5.18. The number of nitro groups is 1. The van der Waals surface area contributed by atoms with E-state index in [-0.39, 0.29) is 11.5 Å². The highest BCUT2D eigenvalue weighted by atomic mass is 19.1. The second-order valence-corrected chi connectivity index (χ2v) is 6.49. The summed E-state index contributed by atoms with van der Waals surface area (Å²) in [4.78, 5) is 10.3. The smallest absolute Gasteiger partial charge is 0.269 e. The molecule has 6 nitrogen and oxygen atoms in total. The Labute approximate surface area is 166 Å². The van der Waals surface area contributed by atoms with Crippen LogP contribution in [0.2, 0.25) is 0 Å². The number of aromatic nitrogens is 1. The van der Waals surface area contributed by atoms with Gasteiger partial charge in [0.2, 0.25) is 0 Å². The van der Waals surface area contributed by atoms with Crippen LogP contribution in [0.25, 0.3) is 10.9 Å². The van der Waals surface area contributed by atoms with Crippen molar-refractivity contribution in [1.29, 1.82) is 0 Å². The van der Waals surface area contributed by atoms with Gasteiger partial charge in [0, 0.05) is 40.4 Å². The zero-order valence-electron chi connectivity index (χ0n) is 15.3. The topological polar surface area (TPSA) is 72.5 Å². The van der Waals surface area contributed by atoms with Gasteiger partial charge in [-0.05, 0) is 24.3 Å². The SMILES string of the molecule is O=[N+]([O-])c1ccc(N/N=C/c2cn(Cc3ccccc3F)c3ccccc23)cc1. The molecule has 0 aliphatic heterocycles. The van der Waals surface area contributed by atoms with Crippen LogP contribution in [-0.4, -0.2) is 15.7 Å². The Bertz CT molecular complexity index is 1200. The Kier molecular flexibility index (Phi) is 5.03. The molecule has 0 radical (unpaired) electrons. The molecule has 0 aliphatic rings. The molecule has 7 heteroatoms. The van der Waals surface area contributed by atoms with Crippen molar-refractivity contribution in [1.82, 2.24) is 4.57 Å². The second kappa shape index (κ2) is 7.93. The lowest BCUT2D eigenvalue weighted by atomic mass is 10.2. The second-order valence-electron chi connectivity index (χ2n) is 6.49. The zero-order valence-corrected chi connectivity index (χ0v) is 15.3. The van der Waals surface area contributed by atoms with Crippen LogP contribution in [0.4, 0.5) is 15.8 Å². The van der Waals surface area contributed by atoms with Crippen LogP contribution in [0.15, 0.2) is 84.1 Å². The monoisotopic (exact) mass is 388 g/mol. The van der Waals surface area contributed by atoms with Gasteiger partial charge in [-0.1, -0.05) is 36.4 Å². The first-order valence-electron chi connectivity index (χ1n) is 8.96. The molecule has 0 amide bonds. The molecule has 0 aliphatic carbocycles. The molecule has 3 aromatic carbocycles. The number of hydrazone groups is 1. The normalized spacial score (nSPS) is 11.2. The minimum Gasteiger partial charge on any atom is -0.342 e. The summed E-state index contributed by atoms with van der Waals surface area (Å²) in [6.45, 7) is 0.413. The maximum absolute atomic E-state index is 14.1. The van der Waals surface area contributed by atoms with Gasteiger partial charge in [-0.3, -0.25) is 15.5 Å². The largest absolute Gasteiger partial charge is 0.342 e. The van der Waals surface area contributed by atoms with E-state index in [1.54, 1.807) is 30.5 Å². The number of nitrogens with zero attached hydrogens (tertiary/aromatic N) is 3. The fraction of sp³-hybridized carbons (Fsp3) is 0.0455. The highest BCUT2D eigenvalue weighted by Gasteiger charge is 2.09. The first-order valence-corrected chi connectivity index (χ1v) is 8.96. The summed E-state index contributed by atoms with van der Waals surface area (Å²) < 4.78 is 16.0. The molecular formula is C22H17FN4O2. The van der Waals surface area contributed by atoms with E-state index in [0.29, 0.717) is 17.8 Å². The van der Waals surface area contributed by atoms with Gasteiger partial charge in [0.15, 0.2) is 0 Å². The standard InChI is InChI=1S/C22H17FN4O2/c23-21-7-3-1-5-16(21)14-26-15-17(20-6-2-4-8-22(20)26)13-24-25-18-9-11-19(12-10-18)27(28)29/h1-13,15,25H,14H2/b24-13+. The van der Waals surface area contributed by atoms with Crippen molar-refractivity contribution in [3.63, 3.8) is 0 Å². The Balaban J connectivity index is 1.58. The lowest BCUT2D eigenvalue weighted by molar-refractivity contribution is -0.384. The van der Waals surface area contributed by atoms with Crippen molar-refractivity contribution in [3.05, 3.63) is 106 Å². The maximum atomic E-state index is 14.1. The number of rotatable bonds is 6. The van der Waals surface area contributed by atoms with Gasteiger partial charge in [0.25, 0.3) is 5.69 Å². The molecular weight excluding hydrogens is 371 g/mol.